The lowest BCUT2D eigenvalue weighted by atomic mass is 9.83. The molecule has 2 heterocycles. The summed E-state index contributed by atoms with van der Waals surface area (Å²) in [4.78, 5) is 2.63. The number of nitrogens with zero attached hydrogens (tertiary/aromatic N) is 4. The van der Waals surface area contributed by atoms with Crippen LogP contribution in [0.3, 0.4) is 0 Å². The molecule has 178 valence electrons. The molecule has 5 nitrogen and oxygen atoms in total. The monoisotopic (exact) mass is 455 g/mol. The molecule has 0 amide bonds. The predicted octanol–water partition coefficient (Wildman–Crippen LogP) is 5.93. The average molecular weight is 456 g/mol. The standard InChI is InChI=1S/C29H37N5/c1-22(24-14-9-15-24)30-28(25-10-5-3-6-11-25)18-21-33-19-16-27(17-20-33)34-23(2)31-32-29(34)26-12-7-4-8-13-26/h3-8,10-13,24,27-28,30H,1,9,14-21H2,2H3. The van der Waals surface area contributed by atoms with Gasteiger partial charge in [-0.3, -0.25) is 0 Å². The molecule has 5 heteroatoms. The van der Waals surface area contributed by atoms with Gasteiger partial charge >= 0.3 is 0 Å². The molecule has 5 rings (SSSR count). The van der Waals surface area contributed by atoms with Crippen LogP contribution in [0.5, 0.6) is 0 Å². The summed E-state index contributed by atoms with van der Waals surface area (Å²) in [6, 6.07) is 22.1. The Hall–Kier alpha value is -2.92. The Balaban J connectivity index is 1.20. The first-order valence-electron chi connectivity index (χ1n) is 12.9. The van der Waals surface area contributed by atoms with Crippen LogP contribution in [-0.2, 0) is 0 Å². The van der Waals surface area contributed by atoms with E-state index in [-0.39, 0.29) is 0 Å². The van der Waals surface area contributed by atoms with Crippen molar-refractivity contribution in [1.82, 2.24) is 25.0 Å². The molecule has 2 aromatic carbocycles. The first kappa shape index (κ1) is 22.9. The van der Waals surface area contributed by atoms with Gasteiger partial charge < -0.3 is 14.8 Å². The molecular formula is C29H37N5. The number of nitrogens with one attached hydrogen (secondary N) is 1. The predicted molar refractivity (Wildman–Crippen MR) is 138 cm³/mol. The lowest BCUT2D eigenvalue weighted by Crippen LogP contribution is -2.37. The lowest BCUT2D eigenvalue weighted by Gasteiger charge is -2.35. The zero-order valence-corrected chi connectivity index (χ0v) is 20.4. The van der Waals surface area contributed by atoms with Crippen molar-refractivity contribution in [2.45, 2.75) is 57.5 Å². The Morgan fingerprint density at radius 2 is 1.65 bits per heavy atom. The number of hydrogen-bond acceptors (Lipinski definition) is 4. The van der Waals surface area contributed by atoms with Gasteiger partial charge in [0, 0.05) is 36.9 Å². The van der Waals surface area contributed by atoms with Crippen LogP contribution in [0, 0.1) is 12.8 Å². The number of benzene rings is 2. The van der Waals surface area contributed by atoms with Gasteiger partial charge in [0.05, 0.1) is 6.04 Å². The molecular weight excluding hydrogens is 418 g/mol. The minimum atomic E-state index is 0.330. The Morgan fingerprint density at radius 1 is 0.971 bits per heavy atom. The molecule has 2 aliphatic rings. The van der Waals surface area contributed by atoms with Gasteiger partial charge in [-0.05, 0) is 50.5 Å². The number of aryl methyl sites for hydroxylation is 1. The summed E-state index contributed by atoms with van der Waals surface area (Å²) in [5.41, 5.74) is 3.75. The maximum atomic E-state index is 4.51. The fraction of sp³-hybridized carbons (Fsp3) is 0.448. The van der Waals surface area contributed by atoms with Crippen molar-refractivity contribution >= 4 is 0 Å². The zero-order valence-electron chi connectivity index (χ0n) is 20.4. The second kappa shape index (κ2) is 10.6. The van der Waals surface area contributed by atoms with Crippen molar-refractivity contribution < 1.29 is 0 Å². The summed E-state index contributed by atoms with van der Waals surface area (Å²) >= 11 is 0. The third-order valence-electron chi connectivity index (χ3n) is 7.71. The molecule has 2 fully saturated rings. The molecule has 1 unspecified atom stereocenters. The van der Waals surface area contributed by atoms with Crippen LogP contribution in [0.1, 0.15) is 62.0 Å². The fourth-order valence-corrected chi connectivity index (χ4v) is 5.41. The van der Waals surface area contributed by atoms with Gasteiger partial charge in [-0.15, -0.1) is 10.2 Å². The minimum absolute atomic E-state index is 0.330. The van der Waals surface area contributed by atoms with Gasteiger partial charge in [0.2, 0.25) is 0 Å². The van der Waals surface area contributed by atoms with E-state index in [4.69, 9.17) is 0 Å². The van der Waals surface area contributed by atoms with E-state index in [2.05, 4.69) is 99.1 Å². The van der Waals surface area contributed by atoms with E-state index < -0.39 is 0 Å². The molecule has 1 aliphatic carbocycles. The summed E-state index contributed by atoms with van der Waals surface area (Å²) < 4.78 is 2.36. The SMILES string of the molecule is C=C(NC(CCN1CCC(n2c(C)nnc2-c2ccccc2)CC1)c1ccccc1)C1CCC1. The average Bonchev–Trinajstić information content (AvgIpc) is 3.23. The molecule has 0 bridgehead atoms. The quantitative estimate of drug-likeness (QED) is 0.435. The third kappa shape index (κ3) is 5.10. The largest absolute Gasteiger partial charge is 0.382 e. The molecule has 1 atom stereocenters. The molecule has 1 saturated heterocycles. The van der Waals surface area contributed by atoms with Gasteiger partial charge in [0.1, 0.15) is 5.82 Å². The summed E-state index contributed by atoms with van der Waals surface area (Å²) in [6.07, 6.45) is 7.28. The zero-order chi connectivity index (χ0) is 23.3. The molecule has 34 heavy (non-hydrogen) atoms. The topological polar surface area (TPSA) is 46.0 Å². The van der Waals surface area contributed by atoms with E-state index in [1.807, 2.05) is 0 Å². The smallest absolute Gasteiger partial charge is 0.164 e. The van der Waals surface area contributed by atoms with Crippen LogP contribution in [0.25, 0.3) is 11.4 Å². The molecule has 3 aromatic rings. The molecule has 1 aliphatic heterocycles. The number of allylic oxidation sites excluding steroid dienone is 1. The second-order valence-electron chi connectivity index (χ2n) is 9.93. The molecule has 1 N–H and O–H groups in total. The van der Waals surface area contributed by atoms with Crippen LogP contribution in [0.4, 0.5) is 0 Å². The highest BCUT2D eigenvalue weighted by molar-refractivity contribution is 5.55. The first-order valence-corrected chi connectivity index (χ1v) is 12.9. The van der Waals surface area contributed by atoms with Crippen LogP contribution in [0.2, 0.25) is 0 Å². The van der Waals surface area contributed by atoms with Crippen molar-refractivity contribution in [3.05, 3.63) is 84.3 Å². The van der Waals surface area contributed by atoms with Gasteiger partial charge in [0.25, 0.3) is 0 Å². The summed E-state index contributed by atoms with van der Waals surface area (Å²) in [5, 5.41) is 12.7. The van der Waals surface area contributed by atoms with Gasteiger partial charge in [-0.25, -0.2) is 0 Å². The van der Waals surface area contributed by atoms with Crippen LogP contribution in [-0.4, -0.2) is 39.3 Å². The number of hydrogen-bond donors (Lipinski definition) is 1. The summed E-state index contributed by atoms with van der Waals surface area (Å²) in [5.74, 6) is 2.67. The van der Waals surface area contributed by atoms with Crippen molar-refractivity contribution in [1.29, 1.82) is 0 Å². The van der Waals surface area contributed by atoms with Crippen LogP contribution in [0.15, 0.2) is 72.9 Å². The van der Waals surface area contributed by atoms with Crippen molar-refractivity contribution in [3.63, 3.8) is 0 Å². The van der Waals surface area contributed by atoms with Gasteiger partial charge in [0.15, 0.2) is 5.82 Å². The normalized spacial score (nSPS) is 18.4. The maximum absolute atomic E-state index is 4.51. The molecule has 1 saturated carbocycles. The number of rotatable bonds is 9. The number of likely N-dealkylation sites (tertiary alicyclic amines) is 1. The lowest BCUT2D eigenvalue weighted by molar-refractivity contribution is 0.178. The van der Waals surface area contributed by atoms with Crippen LogP contribution >= 0.6 is 0 Å². The second-order valence-corrected chi connectivity index (χ2v) is 9.93. The van der Waals surface area contributed by atoms with E-state index >= 15 is 0 Å². The minimum Gasteiger partial charge on any atom is -0.382 e. The van der Waals surface area contributed by atoms with Crippen molar-refractivity contribution in [3.8, 4) is 11.4 Å². The highest BCUT2D eigenvalue weighted by Gasteiger charge is 2.26. The Kier molecular flexibility index (Phi) is 7.10. The van der Waals surface area contributed by atoms with Crippen molar-refractivity contribution in [2.75, 3.05) is 19.6 Å². The first-order chi connectivity index (χ1) is 16.7. The highest BCUT2D eigenvalue weighted by atomic mass is 15.3. The van der Waals surface area contributed by atoms with Gasteiger partial charge in [-0.2, -0.15) is 0 Å². The summed E-state index contributed by atoms with van der Waals surface area (Å²) in [7, 11) is 0. The Labute approximate surface area is 203 Å². The van der Waals surface area contributed by atoms with E-state index in [1.54, 1.807) is 0 Å². The van der Waals surface area contributed by atoms with E-state index in [9.17, 15) is 0 Å². The van der Waals surface area contributed by atoms with Gasteiger partial charge in [-0.1, -0.05) is 73.7 Å². The third-order valence-corrected chi connectivity index (χ3v) is 7.71. The molecule has 1 aromatic heterocycles. The fourth-order valence-electron chi connectivity index (χ4n) is 5.41. The summed E-state index contributed by atoms with van der Waals surface area (Å²) in [6.45, 7) is 9.78. The van der Waals surface area contributed by atoms with E-state index in [1.165, 1.54) is 30.5 Å². The Morgan fingerprint density at radius 3 is 2.29 bits per heavy atom. The van der Waals surface area contributed by atoms with Crippen LogP contribution < -0.4 is 5.32 Å². The molecule has 0 radical (unpaired) electrons. The maximum Gasteiger partial charge on any atom is 0.164 e. The molecule has 0 spiro atoms. The van der Waals surface area contributed by atoms with E-state index in [0.29, 0.717) is 18.0 Å². The Bertz CT molecular complexity index is 1060. The number of piperidine rings is 1. The van der Waals surface area contributed by atoms with E-state index in [0.717, 1.165) is 56.1 Å². The number of aromatic nitrogens is 3. The van der Waals surface area contributed by atoms with Crippen molar-refractivity contribution in [2.24, 2.45) is 5.92 Å². The highest BCUT2D eigenvalue weighted by Crippen LogP contribution is 2.33.